The maximum absolute atomic E-state index is 4.28. The van der Waals surface area contributed by atoms with Gasteiger partial charge in [-0.1, -0.05) is 0 Å². The van der Waals surface area contributed by atoms with Crippen molar-refractivity contribution in [3.8, 4) is 11.5 Å². The molecule has 0 aliphatic heterocycles. The van der Waals surface area contributed by atoms with E-state index in [1.165, 1.54) is 6.33 Å². The van der Waals surface area contributed by atoms with E-state index in [0.29, 0.717) is 11.5 Å². The van der Waals surface area contributed by atoms with Crippen LogP contribution in [0.15, 0.2) is 18.6 Å². The molecule has 0 atom stereocenters. The highest BCUT2D eigenvalue weighted by Gasteiger charge is 2.04. The summed E-state index contributed by atoms with van der Waals surface area (Å²) in [7, 11) is 0. The first-order chi connectivity index (χ1) is 6.77. The van der Waals surface area contributed by atoms with Crippen LogP contribution in [-0.2, 0) is 0 Å². The minimum Gasteiger partial charge on any atom is -0.245 e. The van der Waals surface area contributed by atoms with E-state index in [1.807, 2.05) is 13.8 Å². The fourth-order valence-corrected chi connectivity index (χ4v) is 0.988. The molecule has 0 aliphatic rings. The Bertz CT molecular complexity index is 440. The topological polar surface area (TPSA) is 64.5 Å². The summed E-state index contributed by atoms with van der Waals surface area (Å²) in [6.07, 6.45) is 3.12. The quantitative estimate of drug-likeness (QED) is 0.664. The van der Waals surface area contributed by atoms with E-state index < -0.39 is 0 Å². The van der Waals surface area contributed by atoms with Crippen molar-refractivity contribution in [1.82, 2.24) is 25.1 Å². The zero-order chi connectivity index (χ0) is 9.97. The lowest BCUT2D eigenvalue weighted by molar-refractivity contribution is 0.897. The Morgan fingerprint density at radius 3 is 2.57 bits per heavy atom. The Kier molecular flexibility index (Phi) is 2.14. The monoisotopic (exact) mass is 187 g/mol. The van der Waals surface area contributed by atoms with Gasteiger partial charge in [0.15, 0.2) is 0 Å². The normalized spacial score (nSPS) is 10.1. The van der Waals surface area contributed by atoms with E-state index >= 15 is 0 Å². The van der Waals surface area contributed by atoms with Crippen LogP contribution in [0.2, 0.25) is 0 Å². The maximum Gasteiger partial charge on any atom is 0.200 e. The molecule has 2 heterocycles. The molecule has 0 unspecified atom stereocenters. The summed E-state index contributed by atoms with van der Waals surface area (Å²) in [6, 6.07) is 1.76. The lowest BCUT2D eigenvalue weighted by Crippen LogP contribution is -1.99. The second-order valence-corrected chi connectivity index (χ2v) is 2.90. The third-order valence-electron chi connectivity index (χ3n) is 1.90. The summed E-state index contributed by atoms with van der Waals surface area (Å²) in [5.41, 5.74) is 2.40. The summed E-state index contributed by atoms with van der Waals surface area (Å²) >= 11 is 0. The SMILES string of the molecule is Cc1nnc(-c2ccncn2)nc1C. The molecule has 0 aliphatic carbocycles. The molecule has 0 N–H and O–H groups in total. The molecule has 5 nitrogen and oxygen atoms in total. The average molecular weight is 187 g/mol. The molecule has 0 spiro atoms. The molecule has 5 heteroatoms. The second-order valence-electron chi connectivity index (χ2n) is 2.90. The number of nitrogens with zero attached hydrogens (tertiary/aromatic N) is 5. The molecule has 0 radical (unpaired) electrons. The zero-order valence-electron chi connectivity index (χ0n) is 7.97. The minimum absolute atomic E-state index is 0.538. The zero-order valence-corrected chi connectivity index (χ0v) is 7.97. The maximum atomic E-state index is 4.28. The van der Waals surface area contributed by atoms with Crippen molar-refractivity contribution in [3.63, 3.8) is 0 Å². The number of hydrogen-bond donors (Lipinski definition) is 0. The summed E-state index contributed by atoms with van der Waals surface area (Å²) in [4.78, 5) is 12.1. The van der Waals surface area contributed by atoms with Crippen molar-refractivity contribution in [2.45, 2.75) is 13.8 Å². The molecule has 2 aromatic heterocycles. The van der Waals surface area contributed by atoms with Crippen LogP contribution < -0.4 is 0 Å². The van der Waals surface area contributed by atoms with Crippen LogP contribution in [0, 0.1) is 13.8 Å². The van der Waals surface area contributed by atoms with Gasteiger partial charge in [0.05, 0.1) is 11.4 Å². The molecule has 2 aromatic rings. The third-order valence-corrected chi connectivity index (χ3v) is 1.90. The first kappa shape index (κ1) is 8.68. The minimum atomic E-state index is 0.538. The van der Waals surface area contributed by atoms with Crippen LogP contribution in [0.5, 0.6) is 0 Å². The number of aryl methyl sites for hydroxylation is 2. The molecular weight excluding hydrogens is 178 g/mol. The third kappa shape index (κ3) is 1.56. The summed E-state index contributed by atoms with van der Waals surface area (Å²) < 4.78 is 0. The van der Waals surface area contributed by atoms with Gasteiger partial charge in [-0.3, -0.25) is 0 Å². The van der Waals surface area contributed by atoms with E-state index in [2.05, 4.69) is 25.1 Å². The largest absolute Gasteiger partial charge is 0.245 e. The van der Waals surface area contributed by atoms with Gasteiger partial charge in [0.2, 0.25) is 5.82 Å². The van der Waals surface area contributed by atoms with Crippen LogP contribution in [0.4, 0.5) is 0 Å². The van der Waals surface area contributed by atoms with Crippen molar-refractivity contribution in [2.75, 3.05) is 0 Å². The molecule has 0 bridgehead atoms. The molecule has 14 heavy (non-hydrogen) atoms. The Balaban J connectivity index is 2.48. The van der Waals surface area contributed by atoms with E-state index in [9.17, 15) is 0 Å². The van der Waals surface area contributed by atoms with Crippen LogP contribution >= 0.6 is 0 Å². The van der Waals surface area contributed by atoms with Crippen molar-refractivity contribution in [1.29, 1.82) is 0 Å². The van der Waals surface area contributed by atoms with Gasteiger partial charge < -0.3 is 0 Å². The van der Waals surface area contributed by atoms with E-state index in [1.54, 1.807) is 12.3 Å². The molecule has 0 fully saturated rings. The van der Waals surface area contributed by atoms with Gasteiger partial charge in [-0.2, -0.15) is 5.10 Å². The number of hydrogen-bond acceptors (Lipinski definition) is 5. The van der Waals surface area contributed by atoms with Crippen molar-refractivity contribution < 1.29 is 0 Å². The molecule has 0 saturated heterocycles. The Hall–Kier alpha value is -1.91. The summed E-state index contributed by atoms with van der Waals surface area (Å²) in [5.74, 6) is 0.538. The Labute approximate surface area is 81.3 Å². The van der Waals surface area contributed by atoms with Crippen molar-refractivity contribution in [2.24, 2.45) is 0 Å². The average Bonchev–Trinajstić information content (AvgIpc) is 2.23. The van der Waals surface area contributed by atoms with Crippen molar-refractivity contribution >= 4 is 0 Å². The van der Waals surface area contributed by atoms with Crippen LogP contribution in [0.25, 0.3) is 11.5 Å². The highest BCUT2D eigenvalue weighted by Crippen LogP contribution is 2.09. The molecule has 0 aromatic carbocycles. The molecule has 70 valence electrons. The lowest BCUT2D eigenvalue weighted by atomic mass is 10.3. The highest BCUT2D eigenvalue weighted by molar-refractivity contribution is 5.46. The molecule has 2 rings (SSSR count). The van der Waals surface area contributed by atoms with E-state index in [4.69, 9.17) is 0 Å². The smallest absolute Gasteiger partial charge is 0.200 e. The van der Waals surface area contributed by atoms with Crippen LogP contribution in [0.3, 0.4) is 0 Å². The first-order valence-corrected chi connectivity index (χ1v) is 4.21. The number of aromatic nitrogens is 5. The van der Waals surface area contributed by atoms with E-state index in [0.717, 1.165) is 11.4 Å². The second kappa shape index (κ2) is 3.45. The van der Waals surface area contributed by atoms with Crippen LogP contribution in [-0.4, -0.2) is 25.1 Å². The lowest BCUT2D eigenvalue weighted by Gasteiger charge is -2.00. The predicted molar refractivity (Wildman–Crippen MR) is 50.3 cm³/mol. The van der Waals surface area contributed by atoms with Gasteiger partial charge >= 0.3 is 0 Å². The summed E-state index contributed by atoms with van der Waals surface area (Å²) in [5, 5.41) is 7.94. The van der Waals surface area contributed by atoms with Gasteiger partial charge in [0.25, 0.3) is 0 Å². The van der Waals surface area contributed by atoms with Gasteiger partial charge in [0, 0.05) is 6.20 Å². The fraction of sp³-hybridized carbons (Fsp3) is 0.222. The fourth-order valence-electron chi connectivity index (χ4n) is 0.988. The van der Waals surface area contributed by atoms with Gasteiger partial charge in [0.1, 0.15) is 12.0 Å². The van der Waals surface area contributed by atoms with Gasteiger partial charge in [-0.05, 0) is 19.9 Å². The highest BCUT2D eigenvalue weighted by atomic mass is 15.2. The van der Waals surface area contributed by atoms with Gasteiger partial charge in [-0.15, -0.1) is 5.10 Å². The molecular formula is C9H9N5. The number of rotatable bonds is 1. The van der Waals surface area contributed by atoms with Gasteiger partial charge in [-0.25, -0.2) is 15.0 Å². The standard InChI is InChI=1S/C9H9N5/c1-6-7(2)13-14-9(12-6)8-3-4-10-5-11-8/h3-5H,1-2H3. The Morgan fingerprint density at radius 1 is 1.07 bits per heavy atom. The Morgan fingerprint density at radius 2 is 1.93 bits per heavy atom. The van der Waals surface area contributed by atoms with Crippen LogP contribution in [0.1, 0.15) is 11.4 Å². The molecule has 0 amide bonds. The van der Waals surface area contributed by atoms with E-state index in [-0.39, 0.29) is 0 Å². The molecule has 0 saturated carbocycles. The summed E-state index contributed by atoms with van der Waals surface area (Å²) in [6.45, 7) is 3.77. The first-order valence-electron chi connectivity index (χ1n) is 4.21. The predicted octanol–water partition coefficient (Wildman–Crippen LogP) is 0.945. The van der Waals surface area contributed by atoms with Crippen molar-refractivity contribution in [3.05, 3.63) is 30.0 Å².